The Bertz CT molecular complexity index is 974. The number of aliphatic hydroxyl groups is 2. The number of hydrogen-bond acceptors (Lipinski definition) is 5. The van der Waals surface area contributed by atoms with Gasteiger partial charge >= 0.3 is 5.97 Å². The quantitative estimate of drug-likeness (QED) is 0.514. The van der Waals surface area contributed by atoms with E-state index >= 15 is 0 Å². The van der Waals surface area contributed by atoms with Crippen LogP contribution in [0, 0.1) is 56.7 Å². The predicted molar refractivity (Wildman–Crippen MR) is 132 cm³/mol. The molecule has 0 aromatic heterocycles. The van der Waals surface area contributed by atoms with Gasteiger partial charge in [-0.15, -0.1) is 0 Å². The fourth-order valence-corrected chi connectivity index (χ4v) is 12.0. The van der Waals surface area contributed by atoms with E-state index < -0.39 is 18.2 Å². The van der Waals surface area contributed by atoms with Gasteiger partial charge < -0.3 is 14.9 Å². The molecule has 6 rings (SSSR count). The van der Waals surface area contributed by atoms with Crippen LogP contribution in [0.1, 0.15) is 99.3 Å². The number of esters is 1. The maximum absolute atomic E-state index is 12.9. The Morgan fingerprint density at radius 3 is 2.26 bits per heavy atom. The zero-order valence-corrected chi connectivity index (χ0v) is 22.7. The number of fused-ring (bicyclic) bond motifs is 9. The molecule has 5 aliphatic carbocycles. The van der Waals surface area contributed by atoms with Crippen LogP contribution in [0.3, 0.4) is 0 Å². The molecule has 1 aliphatic heterocycles. The summed E-state index contributed by atoms with van der Waals surface area (Å²) in [6, 6.07) is 0. The van der Waals surface area contributed by atoms with Crippen molar-refractivity contribution in [1.82, 2.24) is 0 Å². The molecule has 6 fully saturated rings. The Morgan fingerprint density at radius 1 is 0.857 bits per heavy atom. The first-order valence-electron chi connectivity index (χ1n) is 14.3. The minimum Gasteiger partial charge on any atom is -0.460 e. The number of carbonyl (C=O) groups is 2. The van der Waals surface area contributed by atoms with Crippen LogP contribution in [0.25, 0.3) is 0 Å². The van der Waals surface area contributed by atoms with Crippen molar-refractivity contribution in [2.45, 2.75) is 111 Å². The Hall–Kier alpha value is -0.940. The average Bonchev–Trinajstić information content (AvgIpc) is 3.21. The van der Waals surface area contributed by atoms with Gasteiger partial charge in [-0.05, 0) is 96.7 Å². The van der Waals surface area contributed by atoms with Crippen LogP contribution in [0.4, 0.5) is 0 Å². The van der Waals surface area contributed by atoms with Gasteiger partial charge in [-0.3, -0.25) is 4.79 Å². The molecule has 1 saturated heterocycles. The monoisotopic (exact) mass is 486 g/mol. The summed E-state index contributed by atoms with van der Waals surface area (Å²) in [5.74, 6) is 1.13. The molecule has 0 spiro atoms. The van der Waals surface area contributed by atoms with Crippen LogP contribution in [0.15, 0.2) is 0 Å². The van der Waals surface area contributed by atoms with Gasteiger partial charge in [0.25, 0.3) is 0 Å². The summed E-state index contributed by atoms with van der Waals surface area (Å²) in [7, 11) is 0. The molecule has 5 heteroatoms. The summed E-state index contributed by atoms with van der Waals surface area (Å²) in [5.41, 5.74) is -1.52. The first kappa shape index (κ1) is 24.4. The molecular weight excluding hydrogens is 440 g/mol. The molecule has 1 heterocycles. The fraction of sp³-hybridized carbons (Fsp3) is 0.933. The van der Waals surface area contributed by atoms with Crippen molar-refractivity contribution in [2.75, 3.05) is 6.61 Å². The van der Waals surface area contributed by atoms with Crippen molar-refractivity contribution in [3.8, 4) is 0 Å². The third kappa shape index (κ3) is 2.63. The van der Waals surface area contributed by atoms with E-state index in [1.165, 1.54) is 6.42 Å². The number of ether oxygens (including phenoxy) is 1. The normalized spacial score (nSPS) is 58.5. The number of carbonyl (C=O) groups excluding carboxylic acids is 2. The summed E-state index contributed by atoms with van der Waals surface area (Å²) in [5, 5.41) is 21.6. The first-order valence-corrected chi connectivity index (χ1v) is 14.3. The van der Waals surface area contributed by atoms with E-state index in [2.05, 4.69) is 41.5 Å². The highest BCUT2D eigenvalue weighted by atomic mass is 16.6. The van der Waals surface area contributed by atoms with Crippen LogP contribution in [-0.2, 0) is 14.3 Å². The molecule has 35 heavy (non-hydrogen) atoms. The van der Waals surface area contributed by atoms with Gasteiger partial charge in [-0.25, -0.2) is 4.79 Å². The van der Waals surface area contributed by atoms with Gasteiger partial charge in [0.05, 0.1) is 6.61 Å². The second-order valence-electron chi connectivity index (χ2n) is 15.2. The molecular formula is C30H46O5. The number of ketones is 1. The van der Waals surface area contributed by atoms with Crippen LogP contribution >= 0.6 is 0 Å². The lowest BCUT2D eigenvalue weighted by Gasteiger charge is -2.72. The fourth-order valence-electron chi connectivity index (χ4n) is 12.0. The lowest BCUT2D eigenvalue weighted by molar-refractivity contribution is -0.238. The van der Waals surface area contributed by atoms with E-state index in [0.717, 1.165) is 44.9 Å². The van der Waals surface area contributed by atoms with Crippen molar-refractivity contribution in [2.24, 2.45) is 56.7 Å². The zero-order chi connectivity index (χ0) is 25.4. The van der Waals surface area contributed by atoms with E-state index in [4.69, 9.17) is 4.74 Å². The molecule has 0 amide bonds. The highest BCUT2D eigenvalue weighted by Crippen LogP contribution is 2.77. The minimum atomic E-state index is -1.76. The zero-order valence-electron chi connectivity index (χ0n) is 22.7. The van der Waals surface area contributed by atoms with Crippen LogP contribution in [-0.4, -0.2) is 40.3 Å². The molecule has 11 atom stereocenters. The van der Waals surface area contributed by atoms with Crippen molar-refractivity contribution >= 4 is 11.8 Å². The first-order chi connectivity index (χ1) is 16.2. The van der Waals surface area contributed by atoms with Crippen molar-refractivity contribution in [3.05, 3.63) is 0 Å². The topological polar surface area (TPSA) is 83.8 Å². The predicted octanol–water partition coefficient (Wildman–Crippen LogP) is 4.92. The number of Topliss-reactive ketones (excluding diaryl/α,β-unsaturated/α-hetero) is 1. The summed E-state index contributed by atoms with van der Waals surface area (Å²) in [6.07, 6.45) is 9.03. The molecule has 0 aromatic rings. The van der Waals surface area contributed by atoms with Crippen molar-refractivity contribution in [1.29, 1.82) is 0 Å². The molecule has 5 saturated carbocycles. The third-order valence-electron chi connectivity index (χ3n) is 14.0. The van der Waals surface area contributed by atoms with Gasteiger partial charge in [0.15, 0.2) is 5.60 Å². The molecule has 0 bridgehead atoms. The maximum Gasteiger partial charge on any atom is 0.341 e. The van der Waals surface area contributed by atoms with Gasteiger partial charge in [0.1, 0.15) is 11.9 Å². The Labute approximate surface area is 210 Å². The second-order valence-corrected chi connectivity index (χ2v) is 15.2. The summed E-state index contributed by atoms with van der Waals surface area (Å²) >= 11 is 0. The Morgan fingerprint density at radius 2 is 1.57 bits per heavy atom. The van der Waals surface area contributed by atoms with Crippen LogP contribution in [0.5, 0.6) is 0 Å². The van der Waals surface area contributed by atoms with Gasteiger partial charge in [-0.1, -0.05) is 41.5 Å². The standard InChI is InChI=1S/C30H46O5/c1-25(2)19-9-12-29(6)20(27(19,4)11-10-21(25)32)8-7-17-22-23-18(35-24(33)30(23,34)16-31)15-26(22,3)13-14-28(17,29)5/h17-20,22-23,31,34H,7-16H2,1-6H3/t17-,18-,19+,20-,22+,23-,26+,27+,28-,29-,30+/m1/s1. The highest BCUT2D eigenvalue weighted by molar-refractivity contribution is 5.85. The van der Waals surface area contributed by atoms with Crippen LogP contribution in [0.2, 0.25) is 0 Å². The smallest absolute Gasteiger partial charge is 0.341 e. The molecule has 2 N–H and O–H groups in total. The molecule has 0 unspecified atom stereocenters. The number of rotatable bonds is 1. The van der Waals surface area contributed by atoms with E-state index in [9.17, 15) is 19.8 Å². The SMILES string of the molecule is CC1(C)C(=O)CC[C@]2(C)[C@H]3CC[C@@H]4[C@H]5[C@H]6[C@@H](C[C@]5(C)CC[C@@]4(C)[C@]3(C)CC[C@@H]12)OC(=O)[C@]6(O)CO. The Kier molecular flexibility index (Phi) is 4.83. The van der Waals surface area contributed by atoms with Crippen molar-refractivity contribution < 1.29 is 24.5 Å². The molecule has 196 valence electrons. The molecule has 5 nitrogen and oxygen atoms in total. The molecule has 6 aliphatic rings. The summed E-state index contributed by atoms with van der Waals surface area (Å²) in [4.78, 5) is 25.6. The molecule has 0 radical (unpaired) electrons. The number of aliphatic hydroxyl groups excluding tert-OH is 1. The minimum absolute atomic E-state index is 0.0346. The third-order valence-corrected chi connectivity index (χ3v) is 14.0. The maximum atomic E-state index is 12.9. The van der Waals surface area contributed by atoms with E-state index in [1.807, 2.05) is 0 Å². The summed E-state index contributed by atoms with van der Waals surface area (Å²) < 4.78 is 5.73. The van der Waals surface area contributed by atoms with E-state index in [0.29, 0.717) is 30.0 Å². The lowest BCUT2D eigenvalue weighted by Crippen LogP contribution is -2.66. The Balaban J connectivity index is 1.41. The highest BCUT2D eigenvalue weighted by Gasteiger charge is 2.75. The molecule has 0 aromatic carbocycles. The van der Waals surface area contributed by atoms with Crippen LogP contribution < -0.4 is 0 Å². The lowest BCUT2D eigenvalue weighted by atomic mass is 9.32. The average molecular weight is 487 g/mol. The van der Waals surface area contributed by atoms with Gasteiger partial charge in [0, 0.05) is 17.8 Å². The van der Waals surface area contributed by atoms with E-state index in [1.54, 1.807) is 0 Å². The largest absolute Gasteiger partial charge is 0.460 e. The van der Waals surface area contributed by atoms with Crippen molar-refractivity contribution in [3.63, 3.8) is 0 Å². The van der Waals surface area contributed by atoms with Gasteiger partial charge in [0.2, 0.25) is 0 Å². The van der Waals surface area contributed by atoms with Gasteiger partial charge in [-0.2, -0.15) is 0 Å². The van der Waals surface area contributed by atoms with E-state index in [-0.39, 0.29) is 45.0 Å². The summed E-state index contributed by atoms with van der Waals surface area (Å²) in [6.45, 7) is 13.8. The second kappa shape index (κ2) is 6.92. The number of hydrogen-bond donors (Lipinski definition) is 2.